The van der Waals surface area contributed by atoms with Gasteiger partial charge in [0.2, 0.25) is 0 Å². The predicted molar refractivity (Wildman–Crippen MR) is 78.8 cm³/mol. The lowest BCUT2D eigenvalue weighted by atomic mass is 10.2. The highest BCUT2D eigenvalue weighted by atomic mass is 32.2. The van der Waals surface area contributed by atoms with E-state index in [1.165, 1.54) is 13.8 Å². The van der Waals surface area contributed by atoms with Crippen LogP contribution in [0.3, 0.4) is 0 Å². The minimum atomic E-state index is -3.86. The van der Waals surface area contributed by atoms with Gasteiger partial charge >= 0.3 is 32.2 Å². The van der Waals surface area contributed by atoms with Crippen LogP contribution < -0.4 is 0 Å². The summed E-state index contributed by atoms with van der Waals surface area (Å²) in [5, 5.41) is 0. The average molecular weight is 358 g/mol. The van der Waals surface area contributed by atoms with E-state index >= 15 is 0 Å². The van der Waals surface area contributed by atoms with Crippen molar-refractivity contribution < 1.29 is 34.8 Å². The van der Waals surface area contributed by atoms with Gasteiger partial charge in [0.15, 0.2) is 0 Å². The van der Waals surface area contributed by atoms with E-state index in [1.807, 2.05) is 0 Å². The lowest BCUT2D eigenvalue weighted by molar-refractivity contribution is -0.134. The molecule has 0 bridgehead atoms. The van der Waals surface area contributed by atoms with Gasteiger partial charge in [-0.25, -0.2) is 0 Å². The normalized spacial score (nSPS) is 11.9. The summed E-state index contributed by atoms with van der Waals surface area (Å²) >= 11 is 0. The van der Waals surface area contributed by atoms with Crippen molar-refractivity contribution in [1.29, 1.82) is 0 Å². The van der Waals surface area contributed by atoms with E-state index in [9.17, 15) is 26.4 Å². The molecule has 0 aromatic carbocycles. The summed E-state index contributed by atoms with van der Waals surface area (Å²) in [5.41, 5.74) is 0. The van der Waals surface area contributed by atoms with Crippen molar-refractivity contribution in [2.75, 3.05) is 11.5 Å². The van der Waals surface area contributed by atoms with E-state index in [0.29, 0.717) is 12.8 Å². The Balaban J connectivity index is 3.91. The molecule has 0 unspecified atom stereocenters. The highest BCUT2D eigenvalue weighted by Gasteiger charge is 2.17. The van der Waals surface area contributed by atoms with Crippen molar-refractivity contribution in [3.05, 3.63) is 0 Å². The predicted octanol–water partition coefficient (Wildman–Crippen LogP) is 1.11. The van der Waals surface area contributed by atoms with E-state index in [0.717, 1.165) is 0 Å². The summed E-state index contributed by atoms with van der Waals surface area (Å²) in [7, 11) is -7.73. The Morgan fingerprint density at radius 1 is 0.682 bits per heavy atom. The fraction of sp³-hybridized carbons (Fsp3) is 0.833. The number of hydrogen-bond acceptors (Lipinski definition) is 8. The maximum Gasteiger partial charge on any atom is 0.321 e. The van der Waals surface area contributed by atoms with Gasteiger partial charge in [-0.15, -0.1) is 0 Å². The zero-order chi connectivity index (χ0) is 17.2. The standard InChI is InChI=1S/C12H22O8S2/c1-3-11(13)19-21(15,16)9-7-5-6-8-10-22(17,18)20-12(14)4-2/h3-10H2,1-2H3. The molecular formula is C12H22O8S2. The molecule has 0 amide bonds. The molecular weight excluding hydrogens is 336 g/mol. The minimum Gasteiger partial charge on any atom is -0.346 e. The molecule has 0 aliphatic carbocycles. The summed E-state index contributed by atoms with van der Waals surface area (Å²) in [6.45, 7) is 2.98. The second kappa shape index (κ2) is 9.78. The van der Waals surface area contributed by atoms with Crippen molar-refractivity contribution in [2.24, 2.45) is 0 Å². The largest absolute Gasteiger partial charge is 0.346 e. The number of unbranched alkanes of at least 4 members (excludes halogenated alkanes) is 3. The zero-order valence-electron chi connectivity index (χ0n) is 12.7. The number of hydrogen-bond donors (Lipinski definition) is 0. The first-order chi connectivity index (χ1) is 10.1. The Kier molecular flexibility index (Phi) is 9.26. The summed E-state index contributed by atoms with van der Waals surface area (Å²) in [6.07, 6.45) is 1.39. The average Bonchev–Trinajstić information content (AvgIpc) is 2.41. The first-order valence-corrected chi connectivity index (χ1v) is 10.2. The van der Waals surface area contributed by atoms with Crippen LogP contribution in [0.15, 0.2) is 0 Å². The monoisotopic (exact) mass is 358 g/mol. The van der Waals surface area contributed by atoms with E-state index in [-0.39, 0.29) is 37.2 Å². The van der Waals surface area contributed by atoms with Crippen LogP contribution in [-0.2, 0) is 38.2 Å². The Morgan fingerprint density at radius 2 is 1.00 bits per heavy atom. The molecule has 22 heavy (non-hydrogen) atoms. The molecule has 0 aliphatic heterocycles. The highest BCUT2D eigenvalue weighted by molar-refractivity contribution is 7.87. The molecule has 0 rings (SSSR count). The second-order valence-electron chi connectivity index (χ2n) is 4.56. The summed E-state index contributed by atoms with van der Waals surface area (Å²) in [6, 6.07) is 0. The number of carbonyl (C=O) groups excluding carboxylic acids is 2. The van der Waals surface area contributed by atoms with Crippen LogP contribution in [0.25, 0.3) is 0 Å². The van der Waals surface area contributed by atoms with E-state index in [4.69, 9.17) is 0 Å². The molecule has 0 atom stereocenters. The molecule has 10 heteroatoms. The van der Waals surface area contributed by atoms with E-state index in [1.54, 1.807) is 0 Å². The van der Waals surface area contributed by atoms with Gasteiger partial charge in [-0.1, -0.05) is 26.7 Å². The van der Waals surface area contributed by atoms with Crippen LogP contribution in [0.5, 0.6) is 0 Å². The third kappa shape index (κ3) is 10.6. The summed E-state index contributed by atoms with van der Waals surface area (Å²) < 4.78 is 54.0. The molecule has 0 aromatic rings. The third-order valence-corrected chi connectivity index (χ3v) is 5.01. The van der Waals surface area contributed by atoms with Crippen molar-refractivity contribution in [1.82, 2.24) is 0 Å². The van der Waals surface area contributed by atoms with Crippen molar-refractivity contribution in [3.8, 4) is 0 Å². The Bertz CT molecular complexity index is 510. The molecule has 0 N–H and O–H groups in total. The van der Waals surface area contributed by atoms with Crippen LogP contribution in [-0.4, -0.2) is 40.3 Å². The maximum absolute atomic E-state index is 11.3. The summed E-state index contributed by atoms with van der Waals surface area (Å²) in [4.78, 5) is 21.8. The van der Waals surface area contributed by atoms with Crippen LogP contribution >= 0.6 is 0 Å². The molecule has 0 heterocycles. The van der Waals surface area contributed by atoms with Crippen LogP contribution in [0.1, 0.15) is 52.4 Å². The molecule has 130 valence electrons. The SMILES string of the molecule is CCC(=O)OS(=O)(=O)CCCCCCS(=O)(=O)OC(=O)CC. The van der Waals surface area contributed by atoms with Crippen LogP contribution in [0.2, 0.25) is 0 Å². The summed E-state index contributed by atoms with van der Waals surface area (Å²) in [5.74, 6) is -2.19. The van der Waals surface area contributed by atoms with Crippen molar-refractivity contribution in [2.45, 2.75) is 52.4 Å². The van der Waals surface area contributed by atoms with Gasteiger partial charge in [0.1, 0.15) is 0 Å². The van der Waals surface area contributed by atoms with Gasteiger partial charge in [-0.3, -0.25) is 9.59 Å². The van der Waals surface area contributed by atoms with Gasteiger partial charge in [0.05, 0.1) is 11.5 Å². The van der Waals surface area contributed by atoms with E-state index < -0.39 is 32.2 Å². The molecule has 0 saturated carbocycles. The zero-order valence-corrected chi connectivity index (χ0v) is 14.4. The van der Waals surface area contributed by atoms with E-state index in [2.05, 4.69) is 8.37 Å². The molecule has 0 aliphatic rings. The van der Waals surface area contributed by atoms with Gasteiger partial charge in [0, 0.05) is 12.8 Å². The Hall–Kier alpha value is -1.16. The van der Waals surface area contributed by atoms with Crippen molar-refractivity contribution in [3.63, 3.8) is 0 Å². The fourth-order valence-corrected chi connectivity index (χ4v) is 3.48. The van der Waals surface area contributed by atoms with Gasteiger partial charge < -0.3 is 8.37 Å². The highest BCUT2D eigenvalue weighted by Crippen LogP contribution is 2.08. The molecule has 0 aromatic heterocycles. The van der Waals surface area contributed by atoms with Crippen LogP contribution in [0.4, 0.5) is 0 Å². The first kappa shape index (κ1) is 20.8. The van der Waals surface area contributed by atoms with Crippen LogP contribution in [0, 0.1) is 0 Å². The lowest BCUT2D eigenvalue weighted by Crippen LogP contribution is -2.16. The minimum absolute atomic E-state index is 0.0203. The Morgan fingerprint density at radius 3 is 1.27 bits per heavy atom. The molecule has 8 nitrogen and oxygen atoms in total. The lowest BCUT2D eigenvalue weighted by Gasteiger charge is -2.05. The van der Waals surface area contributed by atoms with Crippen molar-refractivity contribution >= 4 is 32.2 Å². The smallest absolute Gasteiger partial charge is 0.321 e. The third-order valence-electron chi connectivity index (χ3n) is 2.56. The Labute approximate surface area is 131 Å². The fourth-order valence-electron chi connectivity index (χ4n) is 1.40. The second-order valence-corrected chi connectivity index (χ2v) is 7.94. The topological polar surface area (TPSA) is 121 Å². The first-order valence-electron chi connectivity index (χ1n) is 7.02. The number of rotatable bonds is 11. The molecule has 0 radical (unpaired) electrons. The number of carbonyl (C=O) groups is 2. The van der Waals surface area contributed by atoms with Gasteiger partial charge in [0.25, 0.3) is 0 Å². The van der Waals surface area contributed by atoms with Gasteiger partial charge in [-0.2, -0.15) is 16.8 Å². The maximum atomic E-state index is 11.3. The molecule has 0 saturated heterocycles. The molecule has 0 spiro atoms. The quantitative estimate of drug-likeness (QED) is 0.398. The van der Waals surface area contributed by atoms with Gasteiger partial charge in [-0.05, 0) is 12.8 Å². The molecule has 0 fully saturated rings.